The molecule has 3 rings (SSSR count). The first-order valence-electron chi connectivity index (χ1n) is 8.40. The van der Waals surface area contributed by atoms with Crippen LogP contribution in [0.25, 0.3) is 0 Å². The first kappa shape index (κ1) is 16.0. The minimum Gasteiger partial charge on any atom is -0.336 e. The summed E-state index contributed by atoms with van der Waals surface area (Å²) in [5.41, 5.74) is 0.998. The molecule has 122 valence electrons. The average molecular weight is 312 g/mol. The Morgan fingerprint density at radius 3 is 2.39 bits per heavy atom. The largest absolute Gasteiger partial charge is 0.336 e. The number of carbonyl (C=O) groups is 1. The van der Waals surface area contributed by atoms with Crippen LogP contribution in [0.5, 0.6) is 0 Å². The van der Waals surface area contributed by atoms with Gasteiger partial charge in [0.2, 0.25) is 0 Å². The van der Waals surface area contributed by atoms with Gasteiger partial charge < -0.3 is 9.80 Å². The number of piperidine rings is 1. The molecule has 23 heavy (non-hydrogen) atoms. The van der Waals surface area contributed by atoms with Crippen molar-refractivity contribution in [1.82, 2.24) is 14.7 Å². The number of hydrogen-bond donors (Lipinski definition) is 0. The molecule has 1 aromatic carbocycles. The normalized spacial score (nSPS) is 21.1. The molecule has 2 fully saturated rings. The number of benzene rings is 1. The van der Waals surface area contributed by atoms with Gasteiger partial charge in [0.1, 0.15) is 0 Å². The van der Waals surface area contributed by atoms with Crippen molar-refractivity contribution >= 4 is 5.91 Å². The number of carbonyl (C=O) groups excluding carboxylic acids is 1. The number of nitriles is 1. The van der Waals surface area contributed by atoms with Gasteiger partial charge in [0.25, 0.3) is 5.91 Å². The molecule has 5 nitrogen and oxygen atoms in total. The van der Waals surface area contributed by atoms with E-state index >= 15 is 0 Å². The molecule has 0 bridgehead atoms. The van der Waals surface area contributed by atoms with Crippen molar-refractivity contribution in [2.24, 2.45) is 0 Å². The Labute approximate surface area is 138 Å². The highest BCUT2D eigenvalue weighted by atomic mass is 16.2. The van der Waals surface area contributed by atoms with E-state index in [0.717, 1.165) is 26.2 Å². The van der Waals surface area contributed by atoms with Crippen LogP contribution in [0.15, 0.2) is 24.3 Å². The fourth-order valence-electron chi connectivity index (χ4n) is 3.59. The second-order valence-corrected chi connectivity index (χ2v) is 6.52. The number of nitrogens with zero attached hydrogens (tertiary/aromatic N) is 4. The number of hydrogen-bond acceptors (Lipinski definition) is 4. The lowest BCUT2D eigenvalue weighted by Gasteiger charge is -2.42. The van der Waals surface area contributed by atoms with Gasteiger partial charge in [-0.2, -0.15) is 5.26 Å². The number of piperazine rings is 1. The summed E-state index contributed by atoms with van der Waals surface area (Å²) in [5.74, 6) is -0.00909. The number of amides is 1. The third-order valence-corrected chi connectivity index (χ3v) is 5.08. The van der Waals surface area contributed by atoms with E-state index in [2.05, 4.69) is 22.9 Å². The van der Waals surface area contributed by atoms with Gasteiger partial charge in [0.05, 0.1) is 17.2 Å². The van der Waals surface area contributed by atoms with Gasteiger partial charge in [0.15, 0.2) is 0 Å². The second kappa shape index (κ2) is 7.12. The van der Waals surface area contributed by atoms with Crippen LogP contribution in [-0.2, 0) is 0 Å². The molecule has 0 aliphatic carbocycles. The van der Waals surface area contributed by atoms with E-state index in [0.29, 0.717) is 17.2 Å². The quantitative estimate of drug-likeness (QED) is 0.828. The monoisotopic (exact) mass is 312 g/mol. The maximum absolute atomic E-state index is 12.7. The van der Waals surface area contributed by atoms with Gasteiger partial charge in [0, 0.05) is 32.2 Å². The standard InChI is InChI=1S/C18H24N4O/c1-20-8-6-16(7-9-20)21-10-12-22(13-11-21)18(23)17-5-3-2-4-15(17)14-19/h2-5,16H,6-13H2,1H3. The Morgan fingerprint density at radius 2 is 1.74 bits per heavy atom. The van der Waals surface area contributed by atoms with E-state index in [4.69, 9.17) is 5.26 Å². The van der Waals surface area contributed by atoms with Crippen LogP contribution in [0.3, 0.4) is 0 Å². The van der Waals surface area contributed by atoms with E-state index in [1.54, 1.807) is 18.2 Å². The molecule has 0 saturated carbocycles. The lowest BCUT2D eigenvalue weighted by Crippen LogP contribution is -2.54. The Hall–Kier alpha value is -1.90. The van der Waals surface area contributed by atoms with Gasteiger partial charge in [-0.15, -0.1) is 0 Å². The predicted molar refractivity (Wildman–Crippen MR) is 89.2 cm³/mol. The van der Waals surface area contributed by atoms with Gasteiger partial charge >= 0.3 is 0 Å². The minimum absolute atomic E-state index is 0.00909. The molecule has 2 aliphatic heterocycles. The first-order valence-corrected chi connectivity index (χ1v) is 8.40. The van der Waals surface area contributed by atoms with Crippen molar-refractivity contribution < 1.29 is 4.79 Å². The summed E-state index contributed by atoms with van der Waals surface area (Å²) in [6, 6.07) is 9.87. The summed E-state index contributed by atoms with van der Waals surface area (Å²) in [6.45, 7) is 5.72. The smallest absolute Gasteiger partial charge is 0.255 e. The van der Waals surface area contributed by atoms with Crippen molar-refractivity contribution in [3.8, 4) is 6.07 Å². The Morgan fingerprint density at radius 1 is 1.09 bits per heavy atom. The second-order valence-electron chi connectivity index (χ2n) is 6.52. The van der Waals surface area contributed by atoms with Crippen LogP contribution < -0.4 is 0 Å². The summed E-state index contributed by atoms with van der Waals surface area (Å²) in [4.78, 5) is 19.5. The molecule has 0 N–H and O–H groups in total. The number of likely N-dealkylation sites (tertiary alicyclic amines) is 1. The molecular formula is C18H24N4O. The predicted octanol–water partition coefficient (Wildman–Crippen LogP) is 1.41. The van der Waals surface area contributed by atoms with Gasteiger partial charge in [-0.05, 0) is 45.1 Å². The molecule has 0 spiro atoms. The van der Waals surface area contributed by atoms with Crippen LogP contribution in [0.4, 0.5) is 0 Å². The number of rotatable bonds is 2. The molecule has 2 aliphatic rings. The minimum atomic E-state index is -0.00909. The Bertz CT molecular complexity index is 593. The summed E-state index contributed by atoms with van der Waals surface area (Å²) >= 11 is 0. The zero-order valence-corrected chi connectivity index (χ0v) is 13.7. The van der Waals surface area contributed by atoms with Crippen LogP contribution >= 0.6 is 0 Å². The lowest BCUT2D eigenvalue weighted by atomic mass is 10.0. The van der Waals surface area contributed by atoms with Crippen LogP contribution in [0, 0.1) is 11.3 Å². The fraction of sp³-hybridized carbons (Fsp3) is 0.556. The molecular weight excluding hydrogens is 288 g/mol. The Kier molecular flexibility index (Phi) is 4.94. The summed E-state index contributed by atoms with van der Waals surface area (Å²) in [6.07, 6.45) is 2.45. The molecule has 5 heteroatoms. The molecule has 0 unspecified atom stereocenters. The maximum atomic E-state index is 12.7. The van der Waals surface area contributed by atoms with Crippen molar-refractivity contribution in [1.29, 1.82) is 5.26 Å². The van der Waals surface area contributed by atoms with E-state index in [1.807, 2.05) is 11.0 Å². The SMILES string of the molecule is CN1CCC(N2CCN(C(=O)c3ccccc3C#N)CC2)CC1. The molecule has 0 aromatic heterocycles. The van der Waals surface area contributed by atoms with Crippen LogP contribution in [0.1, 0.15) is 28.8 Å². The molecule has 2 heterocycles. The zero-order chi connectivity index (χ0) is 16.2. The topological polar surface area (TPSA) is 50.6 Å². The van der Waals surface area contributed by atoms with Crippen molar-refractivity contribution in [3.05, 3.63) is 35.4 Å². The van der Waals surface area contributed by atoms with Crippen molar-refractivity contribution in [2.45, 2.75) is 18.9 Å². The van der Waals surface area contributed by atoms with Gasteiger partial charge in [-0.3, -0.25) is 9.69 Å². The molecule has 1 aromatic rings. The average Bonchev–Trinajstić information content (AvgIpc) is 2.62. The highest BCUT2D eigenvalue weighted by Crippen LogP contribution is 2.19. The van der Waals surface area contributed by atoms with Gasteiger partial charge in [-0.25, -0.2) is 0 Å². The highest BCUT2D eigenvalue weighted by Gasteiger charge is 2.28. The third kappa shape index (κ3) is 3.54. The fourth-order valence-corrected chi connectivity index (χ4v) is 3.59. The summed E-state index contributed by atoms with van der Waals surface area (Å²) in [7, 11) is 2.18. The zero-order valence-electron chi connectivity index (χ0n) is 13.7. The van der Waals surface area contributed by atoms with Crippen LogP contribution in [0.2, 0.25) is 0 Å². The van der Waals surface area contributed by atoms with E-state index < -0.39 is 0 Å². The maximum Gasteiger partial charge on any atom is 0.255 e. The molecule has 0 atom stereocenters. The molecule has 2 saturated heterocycles. The summed E-state index contributed by atoms with van der Waals surface area (Å²) in [5, 5.41) is 9.17. The van der Waals surface area contributed by atoms with E-state index in [9.17, 15) is 4.79 Å². The Balaban J connectivity index is 1.58. The third-order valence-electron chi connectivity index (χ3n) is 5.08. The van der Waals surface area contributed by atoms with Gasteiger partial charge in [-0.1, -0.05) is 12.1 Å². The summed E-state index contributed by atoms with van der Waals surface area (Å²) < 4.78 is 0. The molecule has 0 radical (unpaired) electrons. The van der Waals surface area contributed by atoms with Crippen molar-refractivity contribution in [2.75, 3.05) is 46.3 Å². The van der Waals surface area contributed by atoms with Crippen LogP contribution in [-0.4, -0.2) is 73.0 Å². The van der Waals surface area contributed by atoms with E-state index in [-0.39, 0.29) is 5.91 Å². The van der Waals surface area contributed by atoms with E-state index in [1.165, 1.54) is 25.9 Å². The lowest BCUT2D eigenvalue weighted by molar-refractivity contribution is 0.0475. The first-order chi connectivity index (χ1) is 11.2. The van der Waals surface area contributed by atoms with Crippen molar-refractivity contribution in [3.63, 3.8) is 0 Å². The molecule has 1 amide bonds. The highest BCUT2D eigenvalue weighted by molar-refractivity contribution is 5.96.